The summed E-state index contributed by atoms with van der Waals surface area (Å²) in [6.45, 7) is 2.66. The number of hydrogen-bond donors (Lipinski definition) is 0. The van der Waals surface area contributed by atoms with Gasteiger partial charge in [0, 0.05) is 11.8 Å². The molecule has 18 heavy (non-hydrogen) atoms. The Hall–Kier alpha value is -1.46. The van der Waals surface area contributed by atoms with E-state index < -0.39 is 0 Å². The zero-order valence-corrected chi connectivity index (χ0v) is 11.1. The minimum atomic E-state index is 0.0462. The Kier molecular flexibility index (Phi) is 4.28. The molecule has 2 heterocycles. The highest BCUT2D eigenvalue weighted by Crippen LogP contribution is 2.21. The Labute approximate surface area is 114 Å². The van der Waals surface area contributed by atoms with Gasteiger partial charge in [0.2, 0.25) is 10.6 Å². The molecule has 94 valence electrons. The molecule has 0 unspecified atom stereocenters. The van der Waals surface area contributed by atoms with E-state index in [1.807, 2.05) is 6.92 Å². The quantitative estimate of drug-likeness (QED) is 0.864. The molecule has 0 saturated carbocycles. The highest BCUT2D eigenvalue weighted by atomic mass is 35.5. The molecule has 0 atom stereocenters. The minimum Gasteiger partial charge on any atom is -0.492 e. The van der Waals surface area contributed by atoms with Gasteiger partial charge >= 0.3 is 0 Å². The molecule has 0 N–H and O–H groups in total. The lowest BCUT2D eigenvalue weighted by Gasteiger charge is -2.05. The maximum atomic E-state index is 5.73. The van der Waals surface area contributed by atoms with Gasteiger partial charge in [-0.25, -0.2) is 0 Å². The largest absolute Gasteiger partial charge is 0.492 e. The molecule has 7 heteroatoms. The molecule has 0 spiro atoms. The molecule has 0 aliphatic carbocycles. The summed E-state index contributed by atoms with van der Waals surface area (Å²) >= 11 is 11.5. The van der Waals surface area contributed by atoms with Crippen molar-refractivity contribution in [2.24, 2.45) is 0 Å². The van der Waals surface area contributed by atoms with Gasteiger partial charge < -0.3 is 4.74 Å². The second-order valence-corrected chi connectivity index (χ2v) is 4.13. The first-order chi connectivity index (χ1) is 8.69. The first-order valence-corrected chi connectivity index (χ1v) is 6.10. The topological polar surface area (TPSA) is 60.8 Å². The van der Waals surface area contributed by atoms with Gasteiger partial charge in [-0.3, -0.25) is 4.98 Å². The van der Waals surface area contributed by atoms with E-state index in [0.717, 1.165) is 6.42 Å². The molecule has 0 aliphatic heterocycles. The molecule has 0 aliphatic rings. The Balaban J connectivity index is 2.32. The average Bonchev–Trinajstić information content (AvgIpc) is 2.35. The summed E-state index contributed by atoms with van der Waals surface area (Å²) in [6, 6.07) is 1.78. The molecule has 0 bridgehead atoms. The van der Waals surface area contributed by atoms with Crippen molar-refractivity contribution in [3.05, 3.63) is 29.0 Å². The van der Waals surface area contributed by atoms with Crippen LogP contribution in [0.2, 0.25) is 10.6 Å². The van der Waals surface area contributed by atoms with Crippen LogP contribution in [0.15, 0.2) is 18.5 Å². The van der Waals surface area contributed by atoms with Crippen molar-refractivity contribution >= 4 is 23.2 Å². The zero-order chi connectivity index (χ0) is 13.0. The van der Waals surface area contributed by atoms with Crippen LogP contribution in [-0.2, 0) is 0 Å². The summed E-state index contributed by atoms with van der Waals surface area (Å²) < 4.78 is 5.48. The van der Waals surface area contributed by atoms with E-state index in [-0.39, 0.29) is 10.6 Å². The summed E-state index contributed by atoms with van der Waals surface area (Å²) in [5.41, 5.74) is 0.676. The van der Waals surface area contributed by atoms with E-state index in [4.69, 9.17) is 27.9 Å². The fourth-order valence-corrected chi connectivity index (χ4v) is 1.66. The summed E-state index contributed by atoms with van der Waals surface area (Å²) in [7, 11) is 0. The van der Waals surface area contributed by atoms with E-state index in [9.17, 15) is 0 Å². The van der Waals surface area contributed by atoms with Crippen molar-refractivity contribution in [3.8, 4) is 17.1 Å². The van der Waals surface area contributed by atoms with Gasteiger partial charge in [-0.05, 0) is 35.7 Å². The number of hydrogen-bond acceptors (Lipinski definition) is 5. The van der Waals surface area contributed by atoms with Gasteiger partial charge in [0.25, 0.3) is 0 Å². The molecule has 0 aromatic carbocycles. The van der Waals surface area contributed by atoms with E-state index in [2.05, 4.69) is 19.9 Å². The highest BCUT2D eigenvalue weighted by Gasteiger charge is 2.07. The number of halogens is 2. The predicted octanol–water partition coefficient (Wildman–Crippen LogP) is 3.03. The molecule has 0 amide bonds. The molecule has 2 aromatic heterocycles. The van der Waals surface area contributed by atoms with Gasteiger partial charge in [0.1, 0.15) is 5.75 Å². The molecular formula is C11H10Cl2N4O. The molecule has 0 saturated heterocycles. The number of ether oxygens (including phenoxy) is 1. The summed E-state index contributed by atoms with van der Waals surface area (Å²) in [6.07, 6.45) is 4.16. The van der Waals surface area contributed by atoms with Crippen molar-refractivity contribution in [3.63, 3.8) is 0 Å². The highest BCUT2D eigenvalue weighted by molar-refractivity contribution is 6.31. The molecule has 0 fully saturated rings. The summed E-state index contributed by atoms with van der Waals surface area (Å²) in [5.74, 6) is 1.02. The minimum absolute atomic E-state index is 0.0462. The second-order valence-electron chi connectivity index (χ2n) is 3.45. The lowest BCUT2D eigenvalue weighted by atomic mass is 10.2. The number of nitrogens with zero attached hydrogens (tertiary/aromatic N) is 4. The molecule has 5 nitrogen and oxygen atoms in total. The third-order valence-corrected chi connectivity index (χ3v) is 2.36. The Bertz CT molecular complexity index is 530. The standard InChI is InChI=1S/C11H10Cl2N4O/c1-2-3-18-8-4-7(5-14-6-8)9-15-10(12)17-11(13)16-9/h4-6H,2-3H2,1H3. The third-order valence-electron chi connectivity index (χ3n) is 2.03. The molecule has 0 radical (unpaired) electrons. The summed E-state index contributed by atoms with van der Waals surface area (Å²) in [5, 5.41) is 0.0924. The van der Waals surface area contributed by atoms with Gasteiger partial charge in [-0.1, -0.05) is 6.92 Å². The van der Waals surface area contributed by atoms with Gasteiger partial charge in [-0.15, -0.1) is 0 Å². The van der Waals surface area contributed by atoms with Crippen molar-refractivity contribution in [2.75, 3.05) is 6.61 Å². The van der Waals surface area contributed by atoms with Gasteiger partial charge in [-0.2, -0.15) is 15.0 Å². The molecule has 2 rings (SSSR count). The van der Waals surface area contributed by atoms with E-state index >= 15 is 0 Å². The first-order valence-electron chi connectivity index (χ1n) is 5.34. The number of pyridine rings is 1. The van der Waals surface area contributed by atoms with Crippen LogP contribution in [0.3, 0.4) is 0 Å². The lowest BCUT2D eigenvalue weighted by Crippen LogP contribution is -1.97. The molecular weight excluding hydrogens is 275 g/mol. The first kappa shape index (κ1) is 13.0. The predicted molar refractivity (Wildman–Crippen MR) is 68.9 cm³/mol. The van der Waals surface area contributed by atoms with Crippen LogP contribution < -0.4 is 4.74 Å². The lowest BCUT2D eigenvalue weighted by molar-refractivity contribution is 0.316. The van der Waals surface area contributed by atoms with Crippen LogP contribution in [0.4, 0.5) is 0 Å². The second kappa shape index (κ2) is 5.93. The maximum Gasteiger partial charge on any atom is 0.227 e. The third kappa shape index (κ3) is 3.27. The van der Waals surface area contributed by atoms with Crippen LogP contribution >= 0.6 is 23.2 Å². The average molecular weight is 285 g/mol. The van der Waals surface area contributed by atoms with Crippen LogP contribution in [-0.4, -0.2) is 26.5 Å². The smallest absolute Gasteiger partial charge is 0.227 e. The van der Waals surface area contributed by atoms with Crippen molar-refractivity contribution in [2.45, 2.75) is 13.3 Å². The van der Waals surface area contributed by atoms with Crippen LogP contribution in [0.25, 0.3) is 11.4 Å². The fraction of sp³-hybridized carbons (Fsp3) is 0.273. The van der Waals surface area contributed by atoms with Crippen molar-refractivity contribution in [1.82, 2.24) is 19.9 Å². The van der Waals surface area contributed by atoms with Gasteiger partial charge in [0.05, 0.1) is 12.8 Å². The Morgan fingerprint density at radius 3 is 2.50 bits per heavy atom. The SMILES string of the molecule is CCCOc1cncc(-c2nc(Cl)nc(Cl)n2)c1. The summed E-state index contributed by atoms with van der Waals surface area (Å²) in [4.78, 5) is 15.7. The van der Waals surface area contributed by atoms with E-state index in [0.29, 0.717) is 23.7 Å². The maximum absolute atomic E-state index is 5.73. The van der Waals surface area contributed by atoms with Crippen LogP contribution in [0, 0.1) is 0 Å². The number of aromatic nitrogens is 4. The van der Waals surface area contributed by atoms with Crippen LogP contribution in [0.5, 0.6) is 5.75 Å². The van der Waals surface area contributed by atoms with Crippen molar-refractivity contribution in [1.29, 1.82) is 0 Å². The van der Waals surface area contributed by atoms with E-state index in [1.54, 1.807) is 18.5 Å². The fourth-order valence-electron chi connectivity index (χ4n) is 1.29. The zero-order valence-electron chi connectivity index (χ0n) is 9.60. The van der Waals surface area contributed by atoms with E-state index in [1.165, 1.54) is 0 Å². The van der Waals surface area contributed by atoms with Gasteiger partial charge in [0.15, 0.2) is 5.82 Å². The molecule has 2 aromatic rings. The van der Waals surface area contributed by atoms with Crippen molar-refractivity contribution < 1.29 is 4.74 Å². The van der Waals surface area contributed by atoms with Crippen LogP contribution in [0.1, 0.15) is 13.3 Å². The Morgan fingerprint density at radius 2 is 1.83 bits per heavy atom. The monoisotopic (exact) mass is 284 g/mol. The Morgan fingerprint density at radius 1 is 1.11 bits per heavy atom. The normalized spacial score (nSPS) is 10.4. The number of rotatable bonds is 4.